The highest BCUT2D eigenvalue weighted by Crippen LogP contribution is 2.31. The SMILES string of the molecule is Nc1cc2c(ccc3oc(N)cc32)o1. The van der Waals surface area contributed by atoms with Crippen LogP contribution in [-0.4, -0.2) is 0 Å². The number of anilines is 2. The molecule has 0 aliphatic heterocycles. The molecule has 0 unspecified atom stereocenters. The van der Waals surface area contributed by atoms with Crippen LogP contribution in [0.5, 0.6) is 0 Å². The molecule has 14 heavy (non-hydrogen) atoms. The molecule has 4 heteroatoms. The average Bonchev–Trinajstić information content (AvgIpc) is 2.65. The van der Waals surface area contributed by atoms with Crippen molar-refractivity contribution in [3.63, 3.8) is 0 Å². The van der Waals surface area contributed by atoms with Crippen LogP contribution in [0.3, 0.4) is 0 Å². The molecule has 3 aromatic rings. The van der Waals surface area contributed by atoms with Gasteiger partial charge in [0.2, 0.25) is 0 Å². The van der Waals surface area contributed by atoms with Crippen molar-refractivity contribution < 1.29 is 8.83 Å². The summed E-state index contributed by atoms with van der Waals surface area (Å²) in [5.74, 6) is 0.791. The van der Waals surface area contributed by atoms with Gasteiger partial charge in [0.25, 0.3) is 0 Å². The molecule has 4 nitrogen and oxygen atoms in total. The molecule has 0 radical (unpaired) electrons. The Hall–Kier alpha value is -2.10. The van der Waals surface area contributed by atoms with Crippen LogP contribution in [0.2, 0.25) is 0 Å². The predicted molar refractivity (Wildman–Crippen MR) is 54.8 cm³/mol. The summed E-state index contributed by atoms with van der Waals surface area (Å²) in [7, 11) is 0. The summed E-state index contributed by atoms with van der Waals surface area (Å²) in [6.07, 6.45) is 0. The van der Waals surface area contributed by atoms with Crippen molar-refractivity contribution in [3.8, 4) is 0 Å². The summed E-state index contributed by atoms with van der Waals surface area (Å²) < 4.78 is 10.6. The molecule has 0 saturated carbocycles. The zero-order chi connectivity index (χ0) is 9.71. The molecule has 3 rings (SSSR count). The standard InChI is InChI=1S/C10H8N2O2/c11-9-3-5-6-4-10(12)14-8(6)2-1-7(5)13-9/h1-4H,11-12H2. The zero-order valence-electron chi connectivity index (χ0n) is 7.28. The van der Waals surface area contributed by atoms with Crippen LogP contribution in [0.25, 0.3) is 21.9 Å². The minimum absolute atomic E-state index is 0.396. The smallest absolute Gasteiger partial charge is 0.191 e. The lowest BCUT2D eigenvalue weighted by atomic mass is 10.2. The van der Waals surface area contributed by atoms with E-state index < -0.39 is 0 Å². The van der Waals surface area contributed by atoms with E-state index in [1.807, 2.05) is 12.1 Å². The van der Waals surface area contributed by atoms with Gasteiger partial charge in [0.05, 0.1) is 0 Å². The van der Waals surface area contributed by atoms with Gasteiger partial charge in [-0.25, -0.2) is 0 Å². The van der Waals surface area contributed by atoms with Gasteiger partial charge in [0.15, 0.2) is 11.8 Å². The molecule has 2 heterocycles. The van der Waals surface area contributed by atoms with Gasteiger partial charge in [0.1, 0.15) is 11.2 Å². The fourth-order valence-electron chi connectivity index (χ4n) is 1.67. The molecule has 4 N–H and O–H groups in total. The zero-order valence-corrected chi connectivity index (χ0v) is 7.28. The van der Waals surface area contributed by atoms with E-state index in [0.29, 0.717) is 11.8 Å². The van der Waals surface area contributed by atoms with Crippen molar-refractivity contribution in [1.82, 2.24) is 0 Å². The van der Waals surface area contributed by atoms with Crippen molar-refractivity contribution in [1.29, 1.82) is 0 Å². The maximum absolute atomic E-state index is 5.56. The Morgan fingerprint density at radius 2 is 1.21 bits per heavy atom. The molecule has 0 amide bonds. The topological polar surface area (TPSA) is 78.3 Å². The Bertz CT molecular complexity index is 566. The molecule has 1 aromatic carbocycles. The van der Waals surface area contributed by atoms with E-state index in [0.717, 1.165) is 21.9 Å². The molecule has 0 atom stereocenters. The van der Waals surface area contributed by atoms with Gasteiger partial charge in [-0.05, 0) is 12.1 Å². The van der Waals surface area contributed by atoms with Gasteiger partial charge >= 0.3 is 0 Å². The second kappa shape index (κ2) is 2.23. The quantitative estimate of drug-likeness (QED) is 0.567. The Morgan fingerprint density at radius 3 is 1.64 bits per heavy atom. The molecule has 0 aliphatic carbocycles. The summed E-state index contributed by atoms with van der Waals surface area (Å²) in [6, 6.07) is 7.17. The largest absolute Gasteiger partial charge is 0.441 e. The van der Waals surface area contributed by atoms with E-state index in [1.54, 1.807) is 12.1 Å². The number of hydrogen-bond donors (Lipinski definition) is 2. The molecule has 70 valence electrons. The predicted octanol–water partition coefficient (Wildman–Crippen LogP) is 2.34. The number of nitrogen functional groups attached to an aromatic ring is 2. The van der Waals surface area contributed by atoms with E-state index in [2.05, 4.69) is 0 Å². The second-order valence-corrected chi connectivity index (χ2v) is 3.19. The number of fused-ring (bicyclic) bond motifs is 3. The van der Waals surface area contributed by atoms with Crippen molar-refractivity contribution in [3.05, 3.63) is 24.3 Å². The van der Waals surface area contributed by atoms with Gasteiger partial charge in [-0.15, -0.1) is 0 Å². The van der Waals surface area contributed by atoms with Crippen LogP contribution in [0.1, 0.15) is 0 Å². The number of hydrogen-bond acceptors (Lipinski definition) is 4. The first-order valence-electron chi connectivity index (χ1n) is 4.21. The number of nitrogens with two attached hydrogens (primary N) is 2. The van der Waals surface area contributed by atoms with Crippen LogP contribution in [0.15, 0.2) is 33.1 Å². The fraction of sp³-hybridized carbons (Fsp3) is 0. The van der Waals surface area contributed by atoms with E-state index in [4.69, 9.17) is 20.3 Å². The van der Waals surface area contributed by atoms with Crippen molar-refractivity contribution >= 4 is 33.7 Å². The number of furan rings is 2. The van der Waals surface area contributed by atoms with E-state index in [1.165, 1.54) is 0 Å². The molecule has 0 spiro atoms. The molecular weight excluding hydrogens is 180 g/mol. The first kappa shape index (κ1) is 7.32. The molecule has 0 saturated heterocycles. The lowest BCUT2D eigenvalue weighted by Gasteiger charge is -1.88. The molecular formula is C10H8N2O2. The fourth-order valence-corrected chi connectivity index (χ4v) is 1.67. The van der Waals surface area contributed by atoms with Crippen molar-refractivity contribution in [2.24, 2.45) is 0 Å². The monoisotopic (exact) mass is 188 g/mol. The van der Waals surface area contributed by atoms with E-state index in [9.17, 15) is 0 Å². The summed E-state index contributed by atoms with van der Waals surface area (Å²) in [5, 5.41) is 1.86. The Balaban J connectivity index is 2.58. The van der Waals surface area contributed by atoms with Crippen molar-refractivity contribution in [2.45, 2.75) is 0 Å². The summed E-state index contributed by atoms with van der Waals surface area (Å²) in [4.78, 5) is 0. The highest BCUT2D eigenvalue weighted by molar-refractivity contribution is 6.05. The van der Waals surface area contributed by atoms with Gasteiger partial charge < -0.3 is 20.3 Å². The summed E-state index contributed by atoms with van der Waals surface area (Å²) in [5.41, 5.74) is 12.6. The Labute approximate surface area is 79.1 Å². The second-order valence-electron chi connectivity index (χ2n) is 3.19. The Morgan fingerprint density at radius 1 is 0.786 bits per heavy atom. The highest BCUT2D eigenvalue weighted by Gasteiger charge is 2.08. The third kappa shape index (κ3) is 0.821. The molecule has 0 bridgehead atoms. The maximum Gasteiger partial charge on any atom is 0.191 e. The number of benzene rings is 1. The van der Waals surface area contributed by atoms with Crippen LogP contribution >= 0.6 is 0 Å². The van der Waals surface area contributed by atoms with Gasteiger partial charge in [-0.3, -0.25) is 0 Å². The molecule has 2 aromatic heterocycles. The summed E-state index contributed by atoms with van der Waals surface area (Å²) in [6.45, 7) is 0. The van der Waals surface area contributed by atoms with Crippen molar-refractivity contribution in [2.75, 3.05) is 11.5 Å². The van der Waals surface area contributed by atoms with Crippen LogP contribution in [-0.2, 0) is 0 Å². The minimum Gasteiger partial charge on any atom is -0.441 e. The minimum atomic E-state index is 0.396. The lowest BCUT2D eigenvalue weighted by molar-refractivity contribution is 0.632. The first-order valence-corrected chi connectivity index (χ1v) is 4.21. The van der Waals surface area contributed by atoms with Gasteiger partial charge in [0, 0.05) is 22.9 Å². The molecule has 0 fully saturated rings. The number of rotatable bonds is 0. The van der Waals surface area contributed by atoms with E-state index in [-0.39, 0.29) is 0 Å². The maximum atomic E-state index is 5.56. The average molecular weight is 188 g/mol. The third-order valence-corrected chi connectivity index (χ3v) is 2.24. The van der Waals surface area contributed by atoms with Crippen LogP contribution < -0.4 is 11.5 Å². The van der Waals surface area contributed by atoms with Crippen LogP contribution in [0, 0.1) is 0 Å². The normalized spacial score (nSPS) is 11.4. The first-order chi connectivity index (χ1) is 6.74. The highest BCUT2D eigenvalue weighted by atomic mass is 16.4. The van der Waals surface area contributed by atoms with Crippen LogP contribution in [0.4, 0.5) is 11.8 Å². The third-order valence-electron chi connectivity index (χ3n) is 2.24. The Kier molecular flexibility index (Phi) is 1.16. The lowest BCUT2D eigenvalue weighted by Crippen LogP contribution is -1.75. The van der Waals surface area contributed by atoms with Gasteiger partial charge in [-0.2, -0.15) is 0 Å². The summed E-state index contributed by atoms with van der Waals surface area (Å²) >= 11 is 0. The van der Waals surface area contributed by atoms with Gasteiger partial charge in [-0.1, -0.05) is 0 Å². The molecule has 0 aliphatic rings. The van der Waals surface area contributed by atoms with E-state index >= 15 is 0 Å².